The van der Waals surface area contributed by atoms with Gasteiger partial charge in [0.2, 0.25) is 5.91 Å². The summed E-state index contributed by atoms with van der Waals surface area (Å²) in [5.41, 5.74) is 5.61. The van der Waals surface area contributed by atoms with Gasteiger partial charge in [0.1, 0.15) is 0 Å². The van der Waals surface area contributed by atoms with Gasteiger partial charge in [-0.15, -0.1) is 0 Å². The molecule has 2 rings (SSSR count). The van der Waals surface area contributed by atoms with E-state index in [1.165, 1.54) is 0 Å². The summed E-state index contributed by atoms with van der Waals surface area (Å²) in [6.07, 6.45) is 0.764. The summed E-state index contributed by atoms with van der Waals surface area (Å²) in [6.45, 7) is 4.72. The fourth-order valence-electron chi connectivity index (χ4n) is 2.42. The van der Waals surface area contributed by atoms with Crippen LogP contribution in [0.1, 0.15) is 6.42 Å². The number of nitrogens with zero attached hydrogens (tertiary/aromatic N) is 2. The zero-order chi connectivity index (χ0) is 11.5. The number of hydrogen-bond donors (Lipinski definition) is 1. The van der Waals surface area contributed by atoms with Gasteiger partial charge in [0.15, 0.2) is 0 Å². The van der Waals surface area contributed by atoms with Gasteiger partial charge in [-0.25, -0.2) is 0 Å². The molecule has 2 unspecified atom stereocenters. The van der Waals surface area contributed by atoms with Gasteiger partial charge in [0.25, 0.3) is 0 Å². The maximum Gasteiger partial charge on any atom is 0.228 e. The number of nitrogens with two attached hydrogens (primary N) is 1. The Bertz CT molecular complexity index is 252. The quantitative estimate of drug-likeness (QED) is 0.666. The second kappa shape index (κ2) is 5.12. The number of hydrogen-bond acceptors (Lipinski definition) is 4. The molecule has 2 N–H and O–H groups in total. The fourth-order valence-corrected chi connectivity index (χ4v) is 2.42. The second-order valence-electron chi connectivity index (χ2n) is 4.67. The van der Waals surface area contributed by atoms with Gasteiger partial charge in [-0.2, -0.15) is 0 Å². The van der Waals surface area contributed by atoms with Gasteiger partial charge in [-0.1, -0.05) is 0 Å². The average Bonchev–Trinajstić information content (AvgIpc) is 2.77. The molecular formula is C11H21N3O2. The van der Waals surface area contributed by atoms with Crippen molar-refractivity contribution in [3.8, 4) is 0 Å². The topological polar surface area (TPSA) is 58.8 Å². The van der Waals surface area contributed by atoms with Crippen molar-refractivity contribution in [3.63, 3.8) is 0 Å². The molecule has 1 amide bonds. The van der Waals surface area contributed by atoms with Crippen molar-refractivity contribution in [3.05, 3.63) is 0 Å². The Kier molecular flexibility index (Phi) is 3.78. The van der Waals surface area contributed by atoms with E-state index in [2.05, 4.69) is 11.9 Å². The lowest BCUT2D eigenvalue weighted by Gasteiger charge is -2.34. The molecule has 2 saturated heterocycles. The van der Waals surface area contributed by atoms with Gasteiger partial charge in [0.05, 0.1) is 12.0 Å². The first kappa shape index (κ1) is 11.8. The molecule has 0 aromatic heterocycles. The van der Waals surface area contributed by atoms with Crippen LogP contribution in [-0.4, -0.2) is 68.2 Å². The van der Waals surface area contributed by atoms with Crippen molar-refractivity contribution in [2.75, 3.05) is 46.4 Å². The summed E-state index contributed by atoms with van der Waals surface area (Å²) in [6, 6.07) is 0. The Morgan fingerprint density at radius 1 is 1.38 bits per heavy atom. The number of amides is 1. The zero-order valence-corrected chi connectivity index (χ0v) is 9.89. The monoisotopic (exact) mass is 227 g/mol. The summed E-state index contributed by atoms with van der Waals surface area (Å²) in [4.78, 5) is 16.5. The lowest BCUT2D eigenvalue weighted by atomic mass is 9.99. The van der Waals surface area contributed by atoms with Crippen LogP contribution in [0, 0.1) is 5.92 Å². The Labute approximate surface area is 96.5 Å². The molecule has 0 aromatic rings. The maximum atomic E-state index is 12.2. The van der Waals surface area contributed by atoms with Crippen LogP contribution >= 0.6 is 0 Å². The van der Waals surface area contributed by atoms with E-state index in [1.54, 1.807) is 0 Å². The predicted octanol–water partition coefficient (Wildman–Crippen LogP) is -0.876. The van der Waals surface area contributed by atoms with Crippen LogP contribution < -0.4 is 5.73 Å². The van der Waals surface area contributed by atoms with Gasteiger partial charge in [-0.3, -0.25) is 4.79 Å². The van der Waals surface area contributed by atoms with E-state index in [4.69, 9.17) is 10.5 Å². The van der Waals surface area contributed by atoms with Crippen LogP contribution in [-0.2, 0) is 9.53 Å². The van der Waals surface area contributed by atoms with E-state index in [9.17, 15) is 4.79 Å². The minimum atomic E-state index is -0.0628. The highest BCUT2D eigenvalue weighted by Gasteiger charge is 2.36. The number of carbonyl (C=O) groups is 1. The Morgan fingerprint density at radius 3 is 2.69 bits per heavy atom. The highest BCUT2D eigenvalue weighted by molar-refractivity contribution is 5.79. The van der Waals surface area contributed by atoms with Crippen molar-refractivity contribution < 1.29 is 9.53 Å². The van der Waals surface area contributed by atoms with Crippen molar-refractivity contribution >= 4 is 5.91 Å². The summed E-state index contributed by atoms with van der Waals surface area (Å²) in [5.74, 6) is 0.231. The van der Waals surface area contributed by atoms with Crippen LogP contribution in [0.5, 0.6) is 0 Å². The van der Waals surface area contributed by atoms with E-state index in [-0.39, 0.29) is 17.9 Å². The number of carbonyl (C=O) groups excluding carboxylic acids is 1. The Hall–Kier alpha value is -0.650. The minimum Gasteiger partial charge on any atom is -0.376 e. The largest absolute Gasteiger partial charge is 0.376 e. The van der Waals surface area contributed by atoms with Crippen LogP contribution in [0.4, 0.5) is 0 Å². The molecule has 2 aliphatic heterocycles. The molecule has 2 heterocycles. The highest BCUT2D eigenvalue weighted by atomic mass is 16.5. The molecule has 0 aliphatic carbocycles. The SMILES string of the molecule is CN1CCN(C(=O)C2CCOC2CN)CC1. The molecule has 2 atom stereocenters. The van der Waals surface area contributed by atoms with E-state index in [0.29, 0.717) is 13.2 Å². The molecule has 0 bridgehead atoms. The molecule has 92 valence electrons. The van der Waals surface area contributed by atoms with Gasteiger partial charge < -0.3 is 20.3 Å². The summed E-state index contributed by atoms with van der Waals surface area (Å²) in [5, 5.41) is 0. The van der Waals surface area contributed by atoms with E-state index in [0.717, 1.165) is 32.6 Å². The third kappa shape index (κ3) is 2.36. The lowest BCUT2D eigenvalue weighted by molar-refractivity contribution is -0.138. The van der Waals surface area contributed by atoms with E-state index < -0.39 is 0 Å². The molecule has 16 heavy (non-hydrogen) atoms. The Morgan fingerprint density at radius 2 is 2.06 bits per heavy atom. The van der Waals surface area contributed by atoms with E-state index >= 15 is 0 Å². The van der Waals surface area contributed by atoms with Crippen LogP contribution in [0.2, 0.25) is 0 Å². The first-order chi connectivity index (χ1) is 7.72. The standard InChI is InChI=1S/C11H21N3O2/c1-13-3-5-14(6-4-13)11(15)9-2-7-16-10(9)8-12/h9-10H,2-8,12H2,1H3. The third-order valence-electron chi connectivity index (χ3n) is 3.57. The van der Waals surface area contributed by atoms with Crippen molar-refractivity contribution in [1.82, 2.24) is 9.80 Å². The summed E-state index contributed by atoms with van der Waals surface area (Å²) >= 11 is 0. The van der Waals surface area contributed by atoms with Crippen molar-refractivity contribution in [2.45, 2.75) is 12.5 Å². The van der Waals surface area contributed by atoms with Crippen LogP contribution in [0.25, 0.3) is 0 Å². The van der Waals surface area contributed by atoms with Gasteiger partial charge >= 0.3 is 0 Å². The predicted molar refractivity (Wildman–Crippen MR) is 61.0 cm³/mol. The van der Waals surface area contributed by atoms with Crippen molar-refractivity contribution in [2.24, 2.45) is 11.7 Å². The average molecular weight is 227 g/mol. The summed E-state index contributed by atoms with van der Waals surface area (Å²) < 4.78 is 5.46. The molecule has 0 saturated carbocycles. The molecule has 5 nitrogen and oxygen atoms in total. The number of piperazine rings is 1. The molecule has 2 fully saturated rings. The number of ether oxygens (including phenoxy) is 1. The molecule has 0 spiro atoms. The van der Waals surface area contributed by atoms with Crippen molar-refractivity contribution in [1.29, 1.82) is 0 Å². The third-order valence-corrected chi connectivity index (χ3v) is 3.57. The first-order valence-corrected chi connectivity index (χ1v) is 6.01. The normalized spacial score (nSPS) is 32.0. The van der Waals surface area contributed by atoms with Crippen LogP contribution in [0.3, 0.4) is 0 Å². The lowest BCUT2D eigenvalue weighted by Crippen LogP contribution is -2.50. The second-order valence-corrected chi connectivity index (χ2v) is 4.67. The molecule has 0 aromatic carbocycles. The molecule has 0 radical (unpaired) electrons. The van der Waals surface area contributed by atoms with E-state index in [1.807, 2.05) is 4.90 Å². The fraction of sp³-hybridized carbons (Fsp3) is 0.909. The zero-order valence-electron chi connectivity index (χ0n) is 9.89. The van der Waals surface area contributed by atoms with Crippen LogP contribution in [0.15, 0.2) is 0 Å². The number of likely N-dealkylation sites (N-methyl/N-ethyl adjacent to an activating group) is 1. The summed E-state index contributed by atoms with van der Waals surface area (Å²) in [7, 11) is 2.09. The number of rotatable bonds is 2. The Balaban J connectivity index is 1.91. The molecule has 2 aliphatic rings. The molecule has 5 heteroatoms. The highest BCUT2D eigenvalue weighted by Crippen LogP contribution is 2.22. The van der Waals surface area contributed by atoms with Gasteiger partial charge in [0, 0.05) is 39.3 Å². The smallest absolute Gasteiger partial charge is 0.228 e. The van der Waals surface area contributed by atoms with Gasteiger partial charge in [-0.05, 0) is 13.5 Å². The molecular weight excluding hydrogens is 206 g/mol. The maximum absolute atomic E-state index is 12.2. The minimum absolute atomic E-state index is 0.00611. The first-order valence-electron chi connectivity index (χ1n) is 6.01.